The highest BCUT2D eigenvalue weighted by molar-refractivity contribution is 5.84. The van der Waals surface area contributed by atoms with Gasteiger partial charge < -0.3 is 9.30 Å². The maximum Gasteiger partial charge on any atom is 0.310 e. The topological polar surface area (TPSA) is 98.8 Å². The Kier molecular flexibility index (Phi) is 6.11. The first kappa shape index (κ1) is 19.2. The minimum Gasteiger partial charge on any atom is -0.477 e. The number of nitrogens with one attached hydrogen (secondary N) is 1. The zero-order valence-corrected chi connectivity index (χ0v) is 15.2. The molecule has 0 radical (unpaired) electrons. The van der Waals surface area contributed by atoms with Gasteiger partial charge in [0.25, 0.3) is 5.91 Å². The molecule has 0 saturated heterocycles. The number of aromatic nitrogens is 1. The third-order valence-electron chi connectivity index (χ3n) is 3.85. The molecule has 1 aromatic heterocycles. The van der Waals surface area contributed by atoms with E-state index >= 15 is 0 Å². The molecule has 0 unspecified atom stereocenters. The van der Waals surface area contributed by atoms with Crippen molar-refractivity contribution in [3.8, 4) is 5.75 Å². The van der Waals surface area contributed by atoms with Gasteiger partial charge in [0, 0.05) is 29.1 Å². The van der Waals surface area contributed by atoms with E-state index in [1.54, 1.807) is 12.3 Å². The van der Waals surface area contributed by atoms with Gasteiger partial charge in [-0.05, 0) is 39.8 Å². The molecule has 138 valence electrons. The Hall–Kier alpha value is -3.16. The largest absolute Gasteiger partial charge is 0.477 e. The van der Waals surface area contributed by atoms with E-state index in [4.69, 9.17) is 4.74 Å². The Balaban J connectivity index is 1.95. The van der Waals surface area contributed by atoms with Gasteiger partial charge in [-0.25, -0.2) is 5.43 Å². The second-order valence-corrected chi connectivity index (χ2v) is 6.10. The number of hydrogen-bond donors (Lipinski definition) is 1. The van der Waals surface area contributed by atoms with Crippen LogP contribution in [0.15, 0.2) is 35.4 Å². The van der Waals surface area contributed by atoms with Crippen LogP contribution in [0.1, 0.15) is 36.8 Å². The quantitative estimate of drug-likeness (QED) is 0.467. The summed E-state index contributed by atoms with van der Waals surface area (Å²) in [6.45, 7) is 7.84. The van der Waals surface area contributed by atoms with Crippen LogP contribution >= 0.6 is 0 Å². The summed E-state index contributed by atoms with van der Waals surface area (Å²) in [6, 6.07) is 8.22. The first-order valence-electron chi connectivity index (χ1n) is 8.17. The van der Waals surface area contributed by atoms with Gasteiger partial charge in [-0.3, -0.25) is 14.9 Å². The smallest absolute Gasteiger partial charge is 0.310 e. The van der Waals surface area contributed by atoms with Crippen LogP contribution < -0.4 is 10.2 Å². The number of hydrogen-bond acceptors (Lipinski definition) is 5. The van der Waals surface area contributed by atoms with E-state index in [0.717, 1.165) is 17.0 Å². The molecule has 0 fully saturated rings. The molecule has 0 spiro atoms. The van der Waals surface area contributed by atoms with Crippen molar-refractivity contribution in [1.82, 2.24) is 9.99 Å². The Bertz CT molecular complexity index is 840. The van der Waals surface area contributed by atoms with Crippen LogP contribution in [-0.4, -0.2) is 28.2 Å². The van der Waals surface area contributed by atoms with E-state index in [9.17, 15) is 14.9 Å². The Morgan fingerprint density at radius 2 is 2.08 bits per heavy atom. The molecule has 0 aliphatic heterocycles. The number of rotatable bonds is 7. The molecule has 1 amide bonds. The Morgan fingerprint density at radius 3 is 2.69 bits per heavy atom. The number of nitro groups is 1. The summed E-state index contributed by atoms with van der Waals surface area (Å²) in [5.41, 5.74) is 5.26. The van der Waals surface area contributed by atoms with E-state index in [0.29, 0.717) is 6.04 Å². The molecule has 0 bridgehead atoms. The predicted molar refractivity (Wildman–Crippen MR) is 98.6 cm³/mol. The van der Waals surface area contributed by atoms with Crippen LogP contribution in [0.5, 0.6) is 5.75 Å². The summed E-state index contributed by atoms with van der Waals surface area (Å²) >= 11 is 0. The van der Waals surface area contributed by atoms with Crippen molar-refractivity contribution < 1.29 is 14.5 Å². The molecule has 2 aromatic rings. The van der Waals surface area contributed by atoms with Crippen molar-refractivity contribution in [1.29, 1.82) is 0 Å². The van der Waals surface area contributed by atoms with Gasteiger partial charge in [-0.2, -0.15) is 5.10 Å². The number of benzene rings is 1. The van der Waals surface area contributed by atoms with Crippen molar-refractivity contribution in [2.45, 2.75) is 33.7 Å². The van der Waals surface area contributed by atoms with Gasteiger partial charge in [0.2, 0.25) is 0 Å². The zero-order chi connectivity index (χ0) is 19.3. The van der Waals surface area contributed by atoms with Crippen LogP contribution in [0.3, 0.4) is 0 Å². The van der Waals surface area contributed by atoms with Crippen LogP contribution in [0, 0.1) is 24.0 Å². The lowest BCUT2D eigenvalue weighted by molar-refractivity contribution is -0.385. The van der Waals surface area contributed by atoms with Crippen LogP contribution in [0.2, 0.25) is 0 Å². The number of carbonyl (C=O) groups is 1. The van der Waals surface area contributed by atoms with Gasteiger partial charge in [-0.1, -0.05) is 12.1 Å². The Morgan fingerprint density at radius 1 is 1.38 bits per heavy atom. The fourth-order valence-corrected chi connectivity index (χ4v) is 2.81. The lowest BCUT2D eigenvalue weighted by atomic mass is 10.2. The highest BCUT2D eigenvalue weighted by atomic mass is 16.6. The second kappa shape index (κ2) is 8.28. The van der Waals surface area contributed by atoms with Crippen LogP contribution in [0.25, 0.3) is 0 Å². The molecule has 0 aliphatic rings. The first-order chi connectivity index (χ1) is 12.3. The summed E-state index contributed by atoms with van der Waals surface area (Å²) < 4.78 is 7.39. The van der Waals surface area contributed by atoms with Crippen molar-refractivity contribution in [2.75, 3.05) is 6.61 Å². The predicted octanol–water partition coefficient (Wildman–Crippen LogP) is 3.12. The highest BCUT2D eigenvalue weighted by Crippen LogP contribution is 2.25. The maximum atomic E-state index is 11.8. The number of carbonyl (C=O) groups excluding carboxylic acids is 1. The summed E-state index contributed by atoms with van der Waals surface area (Å²) in [4.78, 5) is 22.2. The van der Waals surface area contributed by atoms with Gasteiger partial charge >= 0.3 is 5.69 Å². The SMILES string of the molecule is Cc1cc(/C=N\NC(=O)COc2ccccc2[N+](=O)[O-])c(C)n1C(C)C. The van der Waals surface area contributed by atoms with E-state index < -0.39 is 10.8 Å². The monoisotopic (exact) mass is 358 g/mol. The van der Waals surface area contributed by atoms with Crippen LogP contribution in [-0.2, 0) is 4.79 Å². The van der Waals surface area contributed by atoms with E-state index in [-0.39, 0.29) is 18.0 Å². The third-order valence-corrected chi connectivity index (χ3v) is 3.85. The highest BCUT2D eigenvalue weighted by Gasteiger charge is 2.15. The van der Waals surface area contributed by atoms with E-state index in [2.05, 4.69) is 28.9 Å². The fourth-order valence-electron chi connectivity index (χ4n) is 2.81. The van der Waals surface area contributed by atoms with Crippen LogP contribution in [0.4, 0.5) is 5.69 Å². The molecular formula is C18H22N4O4. The molecule has 8 nitrogen and oxygen atoms in total. The van der Waals surface area contributed by atoms with Crippen molar-refractivity contribution in [2.24, 2.45) is 5.10 Å². The van der Waals surface area contributed by atoms with Crippen molar-refractivity contribution >= 4 is 17.8 Å². The minimum atomic E-state index is -0.560. The molecule has 0 aliphatic carbocycles. The standard InChI is InChI=1S/C18H22N4O4/c1-12(2)21-13(3)9-15(14(21)4)10-19-20-18(23)11-26-17-8-6-5-7-16(17)22(24)25/h5-10,12H,11H2,1-4H3,(H,20,23)/b19-10-. The molecule has 1 N–H and O–H groups in total. The average Bonchev–Trinajstić information content (AvgIpc) is 2.87. The van der Waals surface area contributed by atoms with E-state index in [1.165, 1.54) is 18.2 Å². The second-order valence-electron chi connectivity index (χ2n) is 6.10. The number of nitro benzene ring substituents is 1. The minimum absolute atomic E-state index is 0.0390. The normalized spacial score (nSPS) is 11.1. The van der Waals surface area contributed by atoms with E-state index in [1.807, 2.05) is 19.9 Å². The zero-order valence-electron chi connectivity index (χ0n) is 15.2. The van der Waals surface area contributed by atoms with Crippen molar-refractivity contribution in [3.63, 3.8) is 0 Å². The maximum absolute atomic E-state index is 11.8. The number of hydrazone groups is 1. The summed E-state index contributed by atoms with van der Waals surface area (Å²) in [5, 5.41) is 14.8. The lowest BCUT2D eigenvalue weighted by Crippen LogP contribution is -2.24. The van der Waals surface area contributed by atoms with Gasteiger partial charge in [-0.15, -0.1) is 0 Å². The Labute approximate surface area is 151 Å². The number of nitrogens with zero attached hydrogens (tertiary/aromatic N) is 3. The number of ether oxygens (including phenoxy) is 1. The molecule has 1 aromatic carbocycles. The molecule has 26 heavy (non-hydrogen) atoms. The van der Waals surface area contributed by atoms with Gasteiger partial charge in [0.1, 0.15) is 0 Å². The molecule has 2 rings (SSSR count). The number of amides is 1. The lowest BCUT2D eigenvalue weighted by Gasteiger charge is -2.13. The third kappa shape index (κ3) is 4.47. The first-order valence-corrected chi connectivity index (χ1v) is 8.17. The molecule has 0 saturated carbocycles. The summed E-state index contributed by atoms with van der Waals surface area (Å²) in [5.74, 6) is -0.464. The molecule has 0 atom stereocenters. The van der Waals surface area contributed by atoms with Gasteiger partial charge in [0.05, 0.1) is 11.1 Å². The number of aryl methyl sites for hydroxylation is 1. The fraction of sp³-hybridized carbons (Fsp3) is 0.333. The number of para-hydroxylation sites is 2. The summed E-state index contributed by atoms with van der Waals surface area (Å²) in [7, 11) is 0. The summed E-state index contributed by atoms with van der Waals surface area (Å²) in [6.07, 6.45) is 1.57. The molecule has 8 heteroatoms. The average molecular weight is 358 g/mol. The molecular weight excluding hydrogens is 336 g/mol. The molecule has 1 heterocycles. The van der Waals surface area contributed by atoms with Gasteiger partial charge in [0.15, 0.2) is 12.4 Å². The van der Waals surface area contributed by atoms with Crippen molar-refractivity contribution in [3.05, 3.63) is 57.4 Å².